The molecule has 1 aliphatic heterocycles. The zero-order valence-electron chi connectivity index (χ0n) is 22.5. The normalized spacial score (nSPS) is 34.5. The van der Waals surface area contributed by atoms with Gasteiger partial charge in [0.2, 0.25) is 0 Å². The smallest absolute Gasteiger partial charge is 0.333 e. The van der Waals surface area contributed by atoms with E-state index < -0.39 is 65.9 Å². The second-order valence-electron chi connectivity index (χ2n) is 10.5. The van der Waals surface area contributed by atoms with Crippen LogP contribution in [0.3, 0.4) is 0 Å². The molecule has 0 bridgehead atoms. The number of esters is 3. The third-order valence-corrected chi connectivity index (χ3v) is 7.26. The predicted molar refractivity (Wildman–Crippen MR) is 130 cm³/mol. The molecule has 0 amide bonds. The monoisotopic (exact) mass is 494 g/mol. The SMILES string of the molecule is C/C=C(\C)C(=O)O[C@H]1[C@H](C(C)C)C(OC(=O)C(C)C(C)O)[C@@H]2O[C@]2(C)CC/C=C(\C)[C@@H]1OC(C)=O. The maximum atomic E-state index is 13.0. The van der Waals surface area contributed by atoms with Gasteiger partial charge in [0.15, 0.2) is 6.10 Å². The van der Waals surface area contributed by atoms with Crippen molar-refractivity contribution < 1.29 is 38.4 Å². The van der Waals surface area contributed by atoms with Gasteiger partial charge in [0.05, 0.1) is 17.6 Å². The number of fused-ring (bicyclic) bond motifs is 1. The molecule has 198 valence electrons. The standard InChI is InChI=1S/C27H42O8/c1-10-15(4)25(30)33-22-20(14(2)3)23(34-26(31)17(6)18(7)28)24-27(9,35-24)13-11-12-16(5)21(22)32-19(8)29/h10,12,14,17-18,20-24,28H,11,13H2,1-9H3/b15-10+,16-12+/t17?,18?,20-,21-,22-,23?,24-,27+/m0/s1. The molecule has 0 spiro atoms. The van der Waals surface area contributed by atoms with E-state index in [1.54, 1.807) is 26.8 Å². The quantitative estimate of drug-likeness (QED) is 0.187. The van der Waals surface area contributed by atoms with Crippen molar-refractivity contribution in [1.29, 1.82) is 0 Å². The van der Waals surface area contributed by atoms with Gasteiger partial charge in [-0.2, -0.15) is 0 Å². The van der Waals surface area contributed by atoms with Gasteiger partial charge in [-0.15, -0.1) is 0 Å². The van der Waals surface area contributed by atoms with Gasteiger partial charge in [0, 0.05) is 18.4 Å². The number of rotatable bonds is 7. The molecule has 1 aliphatic carbocycles. The number of allylic oxidation sites excluding steroid dienone is 2. The Morgan fingerprint density at radius 1 is 1.11 bits per heavy atom. The van der Waals surface area contributed by atoms with Crippen LogP contribution in [-0.4, -0.2) is 59.1 Å². The summed E-state index contributed by atoms with van der Waals surface area (Å²) in [5, 5.41) is 9.97. The number of epoxide rings is 1. The third-order valence-electron chi connectivity index (χ3n) is 7.26. The molecule has 1 saturated heterocycles. The Hall–Kier alpha value is -2.19. The van der Waals surface area contributed by atoms with E-state index in [0.717, 1.165) is 5.57 Å². The molecule has 2 rings (SSSR count). The number of carbonyl (C=O) groups excluding carboxylic acids is 3. The lowest BCUT2D eigenvalue weighted by Gasteiger charge is -2.40. The second kappa shape index (κ2) is 11.7. The van der Waals surface area contributed by atoms with Crippen LogP contribution in [0.4, 0.5) is 0 Å². The fraction of sp³-hybridized carbons (Fsp3) is 0.741. The van der Waals surface area contributed by atoms with Crippen molar-refractivity contribution in [3.05, 3.63) is 23.3 Å². The molecule has 1 heterocycles. The van der Waals surface area contributed by atoms with Crippen molar-refractivity contribution in [1.82, 2.24) is 0 Å². The Morgan fingerprint density at radius 2 is 1.74 bits per heavy atom. The largest absolute Gasteiger partial charge is 0.459 e. The first-order chi connectivity index (χ1) is 16.2. The first-order valence-corrected chi connectivity index (χ1v) is 12.5. The Bertz CT molecular complexity index is 857. The molecular weight excluding hydrogens is 452 g/mol. The highest BCUT2D eigenvalue weighted by Crippen LogP contribution is 2.48. The number of aliphatic hydroxyl groups excluding tert-OH is 1. The van der Waals surface area contributed by atoms with E-state index >= 15 is 0 Å². The summed E-state index contributed by atoms with van der Waals surface area (Å²) in [4.78, 5) is 38.1. The van der Waals surface area contributed by atoms with Crippen LogP contribution in [0.5, 0.6) is 0 Å². The molecule has 1 fully saturated rings. The molecule has 0 aromatic carbocycles. The molecule has 1 N–H and O–H groups in total. The second-order valence-corrected chi connectivity index (χ2v) is 10.5. The summed E-state index contributed by atoms with van der Waals surface area (Å²) in [5.41, 5.74) is 0.661. The minimum Gasteiger partial charge on any atom is -0.459 e. The van der Waals surface area contributed by atoms with Crippen molar-refractivity contribution in [2.75, 3.05) is 0 Å². The number of hydrogen-bond acceptors (Lipinski definition) is 8. The summed E-state index contributed by atoms with van der Waals surface area (Å²) < 4.78 is 23.9. The van der Waals surface area contributed by atoms with Gasteiger partial charge in [-0.1, -0.05) is 26.0 Å². The molecule has 0 saturated carbocycles. The minimum atomic E-state index is -0.927. The molecule has 0 radical (unpaired) electrons. The van der Waals surface area contributed by atoms with Crippen molar-refractivity contribution in [3.63, 3.8) is 0 Å². The highest BCUT2D eigenvalue weighted by molar-refractivity contribution is 5.87. The first-order valence-electron chi connectivity index (χ1n) is 12.5. The predicted octanol–water partition coefficient (Wildman–Crippen LogP) is 3.89. The maximum absolute atomic E-state index is 13.0. The fourth-order valence-electron chi connectivity index (χ4n) is 4.58. The highest BCUT2D eigenvalue weighted by atomic mass is 16.6. The van der Waals surface area contributed by atoms with Crippen molar-refractivity contribution in [2.45, 2.75) is 111 Å². The molecule has 2 aliphatic rings. The van der Waals surface area contributed by atoms with Gasteiger partial charge in [-0.05, 0) is 65.9 Å². The van der Waals surface area contributed by atoms with Crippen molar-refractivity contribution in [3.8, 4) is 0 Å². The molecule has 0 aromatic heterocycles. The minimum absolute atomic E-state index is 0.142. The van der Waals surface area contributed by atoms with E-state index in [4.69, 9.17) is 18.9 Å². The number of aliphatic hydroxyl groups is 1. The van der Waals surface area contributed by atoms with E-state index in [1.807, 2.05) is 33.8 Å². The maximum Gasteiger partial charge on any atom is 0.333 e. The zero-order chi connectivity index (χ0) is 26.7. The fourth-order valence-corrected chi connectivity index (χ4v) is 4.58. The van der Waals surface area contributed by atoms with Crippen LogP contribution in [0.1, 0.15) is 75.2 Å². The zero-order valence-corrected chi connectivity index (χ0v) is 22.5. The topological polar surface area (TPSA) is 112 Å². The Morgan fingerprint density at radius 3 is 2.26 bits per heavy atom. The summed E-state index contributed by atoms with van der Waals surface area (Å²) in [7, 11) is 0. The molecule has 8 atom stereocenters. The van der Waals surface area contributed by atoms with Crippen molar-refractivity contribution >= 4 is 17.9 Å². The van der Waals surface area contributed by atoms with Gasteiger partial charge in [0.25, 0.3) is 0 Å². The van der Waals surface area contributed by atoms with E-state index in [0.29, 0.717) is 18.4 Å². The first kappa shape index (κ1) is 29.0. The van der Waals surface area contributed by atoms with Gasteiger partial charge >= 0.3 is 17.9 Å². The Balaban J connectivity index is 2.64. The average molecular weight is 495 g/mol. The highest BCUT2D eigenvalue weighted by Gasteiger charge is 2.61. The van der Waals surface area contributed by atoms with Crippen LogP contribution >= 0.6 is 0 Å². The number of hydrogen-bond donors (Lipinski definition) is 1. The van der Waals surface area contributed by atoms with Crippen LogP contribution < -0.4 is 0 Å². The summed E-state index contributed by atoms with van der Waals surface area (Å²) in [6, 6.07) is 0. The third kappa shape index (κ3) is 6.94. The lowest BCUT2D eigenvalue weighted by molar-refractivity contribution is -0.181. The summed E-state index contributed by atoms with van der Waals surface area (Å²) in [6.45, 7) is 15.6. The summed E-state index contributed by atoms with van der Waals surface area (Å²) in [5.74, 6) is -3.04. The van der Waals surface area contributed by atoms with Crippen LogP contribution in [-0.2, 0) is 33.3 Å². The van der Waals surface area contributed by atoms with E-state index in [9.17, 15) is 19.5 Å². The number of ether oxygens (including phenoxy) is 4. The Kier molecular flexibility index (Phi) is 9.71. The summed E-state index contributed by atoms with van der Waals surface area (Å²) >= 11 is 0. The lowest BCUT2D eigenvalue weighted by Crippen LogP contribution is -2.52. The molecule has 8 heteroatoms. The molecule has 3 unspecified atom stereocenters. The van der Waals surface area contributed by atoms with Crippen molar-refractivity contribution in [2.24, 2.45) is 17.8 Å². The van der Waals surface area contributed by atoms with Crippen LogP contribution in [0, 0.1) is 17.8 Å². The van der Waals surface area contributed by atoms with Crippen LogP contribution in [0.2, 0.25) is 0 Å². The number of carbonyl (C=O) groups is 3. The molecule has 0 aromatic rings. The van der Waals surface area contributed by atoms with E-state index in [1.165, 1.54) is 13.8 Å². The average Bonchev–Trinajstić information content (AvgIpc) is 3.44. The molecule has 8 nitrogen and oxygen atoms in total. The lowest BCUT2D eigenvalue weighted by atomic mass is 9.77. The van der Waals surface area contributed by atoms with Gasteiger partial charge in [-0.3, -0.25) is 9.59 Å². The van der Waals surface area contributed by atoms with E-state index in [-0.39, 0.29) is 5.92 Å². The van der Waals surface area contributed by atoms with Gasteiger partial charge in [-0.25, -0.2) is 4.79 Å². The van der Waals surface area contributed by atoms with Crippen LogP contribution in [0.15, 0.2) is 23.3 Å². The van der Waals surface area contributed by atoms with Gasteiger partial charge in [0.1, 0.15) is 18.3 Å². The van der Waals surface area contributed by atoms with Gasteiger partial charge < -0.3 is 24.1 Å². The molecule has 35 heavy (non-hydrogen) atoms. The Labute approximate surface area is 209 Å². The van der Waals surface area contributed by atoms with E-state index in [2.05, 4.69) is 0 Å². The van der Waals surface area contributed by atoms with Crippen LogP contribution in [0.25, 0.3) is 0 Å². The molecular formula is C27H42O8. The summed E-state index contributed by atoms with van der Waals surface area (Å²) in [6.07, 6.45) is 1.11.